The lowest BCUT2D eigenvalue weighted by Gasteiger charge is -2.13. The number of nitrogen functional groups attached to an aromatic ring is 1. The van der Waals surface area contributed by atoms with E-state index >= 15 is 0 Å². The van der Waals surface area contributed by atoms with Crippen molar-refractivity contribution < 1.29 is 4.74 Å². The number of aryl methyl sites for hydroxylation is 1. The molecular weight excluding hydrogens is 320 g/mol. The third-order valence-corrected chi connectivity index (χ3v) is 4.58. The van der Waals surface area contributed by atoms with E-state index in [0.29, 0.717) is 0 Å². The van der Waals surface area contributed by atoms with Crippen LogP contribution in [0.25, 0.3) is 0 Å². The summed E-state index contributed by atoms with van der Waals surface area (Å²) in [5.41, 5.74) is 10.8. The van der Waals surface area contributed by atoms with E-state index in [4.69, 9.17) is 10.5 Å². The molecule has 0 unspecified atom stereocenters. The summed E-state index contributed by atoms with van der Waals surface area (Å²) in [5.74, 6) is 1.01. The maximum Gasteiger partial charge on any atom is 0.119 e. The maximum atomic E-state index is 5.86. The predicted octanol–water partition coefficient (Wildman–Crippen LogP) is 4.78. The van der Waals surface area contributed by atoms with Crippen molar-refractivity contribution in [2.45, 2.75) is 52.4 Å². The highest BCUT2D eigenvalue weighted by Gasteiger charge is 2.05. The first-order valence-corrected chi connectivity index (χ1v) is 10.0. The summed E-state index contributed by atoms with van der Waals surface area (Å²) in [6, 6.07) is 14.7. The number of benzene rings is 2. The third kappa shape index (κ3) is 7.09. The lowest BCUT2D eigenvalue weighted by atomic mass is 10.00. The van der Waals surface area contributed by atoms with Gasteiger partial charge in [-0.1, -0.05) is 44.9 Å². The summed E-state index contributed by atoms with van der Waals surface area (Å²) in [6.07, 6.45) is 6.62. The molecule has 0 aliphatic rings. The Bertz CT molecular complexity index is 654. The van der Waals surface area contributed by atoms with Gasteiger partial charge >= 0.3 is 0 Å². The van der Waals surface area contributed by atoms with Crippen LogP contribution in [0.15, 0.2) is 42.5 Å². The number of hydrogen-bond donors (Lipinski definition) is 2. The zero-order valence-electron chi connectivity index (χ0n) is 16.4. The number of anilines is 1. The third-order valence-electron chi connectivity index (χ3n) is 4.58. The van der Waals surface area contributed by atoms with Crippen LogP contribution < -0.4 is 15.8 Å². The lowest BCUT2D eigenvalue weighted by Crippen LogP contribution is -2.20. The van der Waals surface area contributed by atoms with Crippen LogP contribution in [-0.2, 0) is 19.3 Å². The van der Waals surface area contributed by atoms with Crippen LogP contribution in [0.4, 0.5) is 5.69 Å². The molecule has 2 rings (SSSR count). The quantitative estimate of drug-likeness (QED) is 0.426. The van der Waals surface area contributed by atoms with Crippen molar-refractivity contribution in [2.75, 3.05) is 25.4 Å². The largest absolute Gasteiger partial charge is 0.494 e. The van der Waals surface area contributed by atoms with Crippen molar-refractivity contribution in [2.24, 2.45) is 0 Å². The molecule has 142 valence electrons. The highest BCUT2D eigenvalue weighted by molar-refractivity contribution is 5.40. The average molecular weight is 355 g/mol. The van der Waals surface area contributed by atoms with E-state index < -0.39 is 0 Å². The Morgan fingerprint density at radius 3 is 2.50 bits per heavy atom. The van der Waals surface area contributed by atoms with Crippen molar-refractivity contribution in [1.82, 2.24) is 5.32 Å². The molecule has 0 heterocycles. The van der Waals surface area contributed by atoms with E-state index in [1.54, 1.807) is 0 Å². The Morgan fingerprint density at radius 1 is 0.885 bits per heavy atom. The van der Waals surface area contributed by atoms with Crippen molar-refractivity contribution >= 4 is 5.69 Å². The summed E-state index contributed by atoms with van der Waals surface area (Å²) in [7, 11) is 0. The molecule has 3 heteroatoms. The summed E-state index contributed by atoms with van der Waals surface area (Å²) < 4.78 is 5.86. The minimum atomic E-state index is 0.812. The second kappa shape index (κ2) is 11.6. The van der Waals surface area contributed by atoms with E-state index in [2.05, 4.69) is 49.5 Å². The van der Waals surface area contributed by atoms with Crippen LogP contribution >= 0.6 is 0 Å². The van der Waals surface area contributed by atoms with Gasteiger partial charge in [0.1, 0.15) is 5.75 Å². The highest BCUT2D eigenvalue weighted by atomic mass is 16.5. The van der Waals surface area contributed by atoms with Gasteiger partial charge in [0.25, 0.3) is 0 Å². The number of ether oxygens (including phenoxy) is 1. The van der Waals surface area contributed by atoms with Crippen molar-refractivity contribution in [1.29, 1.82) is 0 Å². The molecule has 0 saturated heterocycles. The molecule has 3 nitrogen and oxygen atoms in total. The molecule has 0 atom stereocenters. The fourth-order valence-corrected chi connectivity index (χ4v) is 3.10. The van der Waals surface area contributed by atoms with Crippen LogP contribution in [-0.4, -0.2) is 19.7 Å². The van der Waals surface area contributed by atoms with Crippen LogP contribution in [0.1, 0.15) is 49.8 Å². The number of hydrogen-bond acceptors (Lipinski definition) is 3. The summed E-state index contributed by atoms with van der Waals surface area (Å²) in [6.45, 7) is 7.21. The van der Waals surface area contributed by atoms with Crippen LogP contribution in [0.2, 0.25) is 0 Å². The van der Waals surface area contributed by atoms with E-state index in [-0.39, 0.29) is 0 Å². The number of rotatable bonds is 12. The summed E-state index contributed by atoms with van der Waals surface area (Å²) in [5, 5.41) is 3.56. The zero-order valence-corrected chi connectivity index (χ0v) is 16.4. The van der Waals surface area contributed by atoms with Gasteiger partial charge in [-0.25, -0.2) is 0 Å². The normalized spacial score (nSPS) is 10.8. The van der Waals surface area contributed by atoms with Crippen molar-refractivity contribution in [3.8, 4) is 5.75 Å². The first kappa shape index (κ1) is 20.3. The first-order chi connectivity index (χ1) is 12.7. The maximum absolute atomic E-state index is 5.86. The average Bonchev–Trinajstić information content (AvgIpc) is 2.63. The Hall–Kier alpha value is -2.00. The minimum absolute atomic E-state index is 0.812. The van der Waals surface area contributed by atoms with Gasteiger partial charge in [-0.05, 0) is 79.7 Å². The molecular formula is C23H34N2O. The fourth-order valence-electron chi connectivity index (χ4n) is 3.10. The second-order valence-corrected chi connectivity index (χ2v) is 6.88. The van der Waals surface area contributed by atoms with Gasteiger partial charge in [0.05, 0.1) is 6.61 Å². The van der Waals surface area contributed by atoms with Gasteiger partial charge in [-0.2, -0.15) is 0 Å². The predicted molar refractivity (Wildman–Crippen MR) is 112 cm³/mol. The van der Waals surface area contributed by atoms with Crippen LogP contribution in [0.3, 0.4) is 0 Å². The standard InChI is InChI=1S/C23H34N2O/c1-3-5-16-26-23-11-10-20(21(18-23)7-4-2)13-15-25-14-12-19-8-6-9-22(24)17-19/h6,8-11,17-18,25H,3-5,7,12-16,24H2,1-2H3. The molecule has 0 aromatic heterocycles. The monoisotopic (exact) mass is 354 g/mol. The van der Waals surface area contributed by atoms with Crippen LogP contribution in [0, 0.1) is 0 Å². The van der Waals surface area contributed by atoms with Crippen molar-refractivity contribution in [3.05, 3.63) is 59.2 Å². The molecule has 0 amide bonds. The van der Waals surface area contributed by atoms with Gasteiger partial charge in [-0.15, -0.1) is 0 Å². The molecule has 2 aromatic rings. The number of nitrogens with one attached hydrogen (secondary N) is 1. The molecule has 0 aliphatic carbocycles. The summed E-state index contributed by atoms with van der Waals surface area (Å²) in [4.78, 5) is 0. The Kier molecular flexibility index (Phi) is 9.05. The molecule has 2 aromatic carbocycles. The van der Waals surface area contributed by atoms with E-state index in [1.807, 2.05) is 12.1 Å². The second-order valence-electron chi connectivity index (χ2n) is 6.88. The molecule has 0 radical (unpaired) electrons. The Balaban J connectivity index is 1.79. The molecule has 3 N–H and O–H groups in total. The SMILES string of the molecule is CCCCOc1ccc(CCNCCc2cccc(N)c2)c(CCC)c1. The van der Waals surface area contributed by atoms with Gasteiger partial charge < -0.3 is 15.8 Å². The highest BCUT2D eigenvalue weighted by Crippen LogP contribution is 2.20. The smallest absolute Gasteiger partial charge is 0.119 e. The Morgan fingerprint density at radius 2 is 1.73 bits per heavy atom. The summed E-state index contributed by atoms with van der Waals surface area (Å²) >= 11 is 0. The van der Waals surface area contributed by atoms with Crippen LogP contribution in [0.5, 0.6) is 5.75 Å². The number of nitrogens with two attached hydrogens (primary N) is 1. The van der Waals surface area contributed by atoms with E-state index in [0.717, 1.165) is 63.2 Å². The molecule has 26 heavy (non-hydrogen) atoms. The molecule has 0 saturated carbocycles. The lowest BCUT2D eigenvalue weighted by molar-refractivity contribution is 0.309. The number of unbranched alkanes of at least 4 members (excludes halogenated alkanes) is 1. The molecule has 0 fully saturated rings. The van der Waals surface area contributed by atoms with Crippen molar-refractivity contribution in [3.63, 3.8) is 0 Å². The topological polar surface area (TPSA) is 47.3 Å². The first-order valence-electron chi connectivity index (χ1n) is 10.0. The van der Waals surface area contributed by atoms with Gasteiger partial charge in [0.15, 0.2) is 0 Å². The van der Waals surface area contributed by atoms with Gasteiger partial charge in [0.2, 0.25) is 0 Å². The van der Waals surface area contributed by atoms with E-state index in [1.165, 1.54) is 23.1 Å². The van der Waals surface area contributed by atoms with E-state index in [9.17, 15) is 0 Å². The zero-order chi connectivity index (χ0) is 18.6. The van der Waals surface area contributed by atoms with Gasteiger partial charge in [0, 0.05) is 5.69 Å². The molecule has 0 bridgehead atoms. The molecule has 0 spiro atoms. The molecule has 0 aliphatic heterocycles. The Labute approximate surface area is 159 Å². The fraction of sp³-hybridized carbons (Fsp3) is 0.478. The van der Waals surface area contributed by atoms with Gasteiger partial charge in [-0.3, -0.25) is 0 Å². The minimum Gasteiger partial charge on any atom is -0.494 e.